The first-order valence-corrected chi connectivity index (χ1v) is 8.81. The monoisotopic (exact) mass is 360 g/mol. The maximum atomic E-state index is 12.5. The molecule has 0 N–H and O–H groups in total. The summed E-state index contributed by atoms with van der Waals surface area (Å²) in [6.45, 7) is 4.85. The molecule has 2 aliphatic rings. The third kappa shape index (κ3) is 3.58. The zero-order valence-corrected chi connectivity index (χ0v) is 15.2. The summed E-state index contributed by atoms with van der Waals surface area (Å²) in [5, 5.41) is 0. The molecule has 3 rings (SSSR count). The molecule has 0 aromatic heterocycles. The Hall–Kier alpha value is -2.77. The molecule has 140 valence electrons. The van der Waals surface area contributed by atoms with Crippen LogP contribution in [0.3, 0.4) is 0 Å². The molecule has 26 heavy (non-hydrogen) atoms. The van der Waals surface area contributed by atoms with E-state index in [4.69, 9.17) is 4.74 Å². The van der Waals surface area contributed by atoms with Gasteiger partial charge in [0.2, 0.25) is 5.91 Å². The SMILES string of the molecule is CCOc1ccccc1N1CCN(C(=O)CN2C(=O)CN(C)C2=O)CC1. The zero-order valence-electron chi connectivity index (χ0n) is 15.2. The molecule has 0 unspecified atom stereocenters. The number of benzene rings is 1. The standard InChI is InChI=1S/C18H24N4O4/c1-3-26-15-7-5-4-6-14(15)20-8-10-21(11-9-20)16(23)13-22-17(24)12-19(2)18(22)25/h4-7H,3,8-13H2,1-2H3. The number of piperazine rings is 1. The summed E-state index contributed by atoms with van der Waals surface area (Å²) >= 11 is 0. The molecule has 2 aliphatic heterocycles. The molecule has 4 amide bonds. The Morgan fingerprint density at radius 1 is 1.12 bits per heavy atom. The van der Waals surface area contributed by atoms with E-state index < -0.39 is 6.03 Å². The third-order valence-electron chi connectivity index (χ3n) is 4.66. The predicted octanol–water partition coefficient (Wildman–Crippen LogP) is 0.628. The lowest BCUT2D eigenvalue weighted by atomic mass is 10.2. The fourth-order valence-corrected chi connectivity index (χ4v) is 3.25. The Balaban J connectivity index is 1.58. The van der Waals surface area contributed by atoms with Crippen LogP contribution in [0.15, 0.2) is 24.3 Å². The summed E-state index contributed by atoms with van der Waals surface area (Å²) in [6, 6.07) is 7.45. The van der Waals surface area contributed by atoms with Crippen molar-refractivity contribution in [1.29, 1.82) is 0 Å². The molecular formula is C18H24N4O4. The van der Waals surface area contributed by atoms with E-state index in [1.807, 2.05) is 31.2 Å². The van der Waals surface area contributed by atoms with Gasteiger partial charge in [0, 0.05) is 33.2 Å². The fraction of sp³-hybridized carbons (Fsp3) is 0.500. The molecule has 2 heterocycles. The van der Waals surface area contributed by atoms with Crippen LogP contribution >= 0.6 is 0 Å². The van der Waals surface area contributed by atoms with Crippen LogP contribution < -0.4 is 9.64 Å². The summed E-state index contributed by atoms with van der Waals surface area (Å²) in [4.78, 5) is 42.5. The van der Waals surface area contributed by atoms with Crippen molar-refractivity contribution in [3.63, 3.8) is 0 Å². The molecule has 0 atom stereocenters. The second-order valence-corrected chi connectivity index (χ2v) is 6.39. The largest absolute Gasteiger partial charge is 0.492 e. The number of urea groups is 1. The molecule has 8 heteroatoms. The summed E-state index contributed by atoms with van der Waals surface area (Å²) in [5.74, 6) is 0.320. The van der Waals surface area contributed by atoms with Gasteiger partial charge in [-0.3, -0.25) is 14.5 Å². The molecule has 0 spiro atoms. The normalized spacial score (nSPS) is 17.9. The highest BCUT2D eigenvalue weighted by Crippen LogP contribution is 2.28. The second kappa shape index (κ2) is 7.63. The van der Waals surface area contributed by atoms with Crippen molar-refractivity contribution in [1.82, 2.24) is 14.7 Å². The third-order valence-corrected chi connectivity index (χ3v) is 4.66. The van der Waals surface area contributed by atoms with E-state index in [2.05, 4.69) is 4.90 Å². The maximum Gasteiger partial charge on any atom is 0.327 e. The van der Waals surface area contributed by atoms with E-state index in [1.54, 1.807) is 11.9 Å². The Bertz CT molecular complexity index is 700. The molecule has 0 aliphatic carbocycles. The van der Waals surface area contributed by atoms with Gasteiger partial charge in [0.05, 0.1) is 12.3 Å². The number of imide groups is 1. The lowest BCUT2D eigenvalue weighted by Crippen LogP contribution is -2.52. The van der Waals surface area contributed by atoms with Crippen LogP contribution in [0, 0.1) is 0 Å². The molecule has 1 aromatic rings. The van der Waals surface area contributed by atoms with Crippen LogP contribution in [0.2, 0.25) is 0 Å². The van der Waals surface area contributed by atoms with Gasteiger partial charge in [0.1, 0.15) is 18.8 Å². The van der Waals surface area contributed by atoms with Gasteiger partial charge in [0.25, 0.3) is 5.91 Å². The summed E-state index contributed by atoms with van der Waals surface area (Å²) in [7, 11) is 1.55. The minimum Gasteiger partial charge on any atom is -0.492 e. The fourth-order valence-electron chi connectivity index (χ4n) is 3.25. The van der Waals surface area contributed by atoms with Gasteiger partial charge >= 0.3 is 6.03 Å². The molecule has 2 saturated heterocycles. The summed E-state index contributed by atoms with van der Waals surface area (Å²) in [5.41, 5.74) is 1.02. The van der Waals surface area contributed by atoms with Gasteiger partial charge < -0.3 is 19.4 Å². The van der Waals surface area contributed by atoms with Crippen LogP contribution in [0.5, 0.6) is 5.75 Å². The first-order valence-electron chi connectivity index (χ1n) is 8.81. The van der Waals surface area contributed by atoms with Gasteiger partial charge in [-0.15, -0.1) is 0 Å². The average Bonchev–Trinajstić information content (AvgIpc) is 2.89. The lowest BCUT2D eigenvalue weighted by Gasteiger charge is -2.37. The predicted molar refractivity (Wildman–Crippen MR) is 96.1 cm³/mol. The number of nitrogens with zero attached hydrogens (tertiary/aromatic N) is 4. The number of amides is 4. The first-order chi connectivity index (χ1) is 12.5. The van der Waals surface area contributed by atoms with Gasteiger partial charge in [-0.05, 0) is 19.1 Å². The van der Waals surface area contributed by atoms with Crippen LogP contribution in [0.25, 0.3) is 0 Å². The Morgan fingerprint density at radius 2 is 1.81 bits per heavy atom. The van der Waals surface area contributed by atoms with Crippen molar-refractivity contribution >= 4 is 23.5 Å². The minimum absolute atomic E-state index is 0.0358. The topological polar surface area (TPSA) is 73.4 Å². The number of hydrogen-bond acceptors (Lipinski definition) is 5. The van der Waals surface area contributed by atoms with Crippen molar-refractivity contribution in [3.8, 4) is 5.75 Å². The Morgan fingerprint density at radius 3 is 2.42 bits per heavy atom. The number of carbonyl (C=O) groups is 3. The number of hydrogen-bond donors (Lipinski definition) is 0. The van der Waals surface area contributed by atoms with Crippen molar-refractivity contribution in [2.24, 2.45) is 0 Å². The molecule has 0 radical (unpaired) electrons. The summed E-state index contributed by atoms with van der Waals surface area (Å²) in [6.07, 6.45) is 0. The van der Waals surface area contributed by atoms with E-state index >= 15 is 0 Å². The highest BCUT2D eigenvalue weighted by Gasteiger charge is 2.36. The van der Waals surface area contributed by atoms with Gasteiger partial charge in [0.15, 0.2) is 0 Å². The minimum atomic E-state index is -0.410. The number of anilines is 1. The van der Waals surface area contributed by atoms with Crippen molar-refractivity contribution in [2.75, 3.05) is 57.8 Å². The van der Waals surface area contributed by atoms with Gasteiger partial charge in [-0.1, -0.05) is 12.1 Å². The van der Waals surface area contributed by atoms with Crippen molar-refractivity contribution in [3.05, 3.63) is 24.3 Å². The number of ether oxygens (including phenoxy) is 1. The van der Waals surface area contributed by atoms with E-state index in [0.29, 0.717) is 32.8 Å². The molecule has 8 nitrogen and oxygen atoms in total. The van der Waals surface area contributed by atoms with E-state index in [1.165, 1.54) is 4.90 Å². The first kappa shape index (κ1) is 18.0. The number of para-hydroxylation sites is 2. The lowest BCUT2D eigenvalue weighted by molar-refractivity contribution is -0.136. The van der Waals surface area contributed by atoms with Gasteiger partial charge in [-0.25, -0.2) is 4.79 Å². The van der Waals surface area contributed by atoms with Crippen LogP contribution in [-0.4, -0.2) is 85.5 Å². The molecule has 0 bridgehead atoms. The van der Waals surface area contributed by atoms with Gasteiger partial charge in [-0.2, -0.15) is 0 Å². The number of carbonyl (C=O) groups excluding carboxylic acids is 3. The smallest absolute Gasteiger partial charge is 0.327 e. The molecular weight excluding hydrogens is 336 g/mol. The Kier molecular flexibility index (Phi) is 5.29. The molecule has 1 aromatic carbocycles. The molecule has 0 saturated carbocycles. The van der Waals surface area contributed by atoms with Crippen molar-refractivity contribution < 1.29 is 19.1 Å². The highest BCUT2D eigenvalue weighted by atomic mass is 16.5. The highest BCUT2D eigenvalue weighted by molar-refractivity contribution is 6.04. The average molecular weight is 360 g/mol. The van der Waals surface area contributed by atoms with E-state index in [9.17, 15) is 14.4 Å². The van der Waals surface area contributed by atoms with Crippen LogP contribution in [0.1, 0.15) is 6.92 Å². The van der Waals surface area contributed by atoms with E-state index in [-0.39, 0.29) is 24.9 Å². The quantitative estimate of drug-likeness (QED) is 0.720. The van der Waals surface area contributed by atoms with E-state index in [0.717, 1.165) is 16.3 Å². The zero-order chi connectivity index (χ0) is 18.7. The maximum absolute atomic E-state index is 12.5. The van der Waals surface area contributed by atoms with Crippen molar-refractivity contribution in [2.45, 2.75) is 6.92 Å². The number of rotatable bonds is 5. The van der Waals surface area contributed by atoms with Crippen LogP contribution in [0.4, 0.5) is 10.5 Å². The summed E-state index contributed by atoms with van der Waals surface area (Å²) < 4.78 is 5.68. The Labute approximate surface area is 152 Å². The second-order valence-electron chi connectivity index (χ2n) is 6.39. The van der Waals surface area contributed by atoms with Crippen LogP contribution in [-0.2, 0) is 9.59 Å². The number of likely N-dealkylation sites (N-methyl/N-ethyl adjacent to an activating group) is 1. The molecule has 2 fully saturated rings.